The summed E-state index contributed by atoms with van der Waals surface area (Å²) in [5, 5.41) is 5.21. The van der Waals surface area contributed by atoms with Gasteiger partial charge in [-0.3, -0.25) is 4.79 Å². The van der Waals surface area contributed by atoms with Gasteiger partial charge in [0, 0.05) is 20.1 Å². The summed E-state index contributed by atoms with van der Waals surface area (Å²) in [5.41, 5.74) is -0.800. The first-order chi connectivity index (χ1) is 9.81. The molecule has 0 aliphatic rings. The van der Waals surface area contributed by atoms with Crippen molar-refractivity contribution in [2.75, 3.05) is 36.9 Å². The van der Waals surface area contributed by atoms with Crippen molar-refractivity contribution < 1.29 is 18.0 Å². The molecule has 1 amide bonds. The van der Waals surface area contributed by atoms with Crippen LogP contribution >= 0.6 is 0 Å². The highest BCUT2D eigenvalue weighted by molar-refractivity contribution is 5.81. The van der Waals surface area contributed by atoms with E-state index < -0.39 is 11.7 Å². The molecule has 1 rings (SSSR count). The molecule has 0 aliphatic heterocycles. The number of halogens is 3. The number of carbonyl (C=O) groups is 1. The molecule has 21 heavy (non-hydrogen) atoms. The molecule has 0 unspecified atom stereocenters. The van der Waals surface area contributed by atoms with Gasteiger partial charge < -0.3 is 15.5 Å². The van der Waals surface area contributed by atoms with E-state index in [1.165, 1.54) is 11.9 Å². The average Bonchev–Trinajstić information content (AvgIpc) is 2.43. The zero-order valence-corrected chi connectivity index (χ0v) is 12.2. The lowest BCUT2D eigenvalue weighted by molar-refractivity contribution is -0.137. The Kier molecular flexibility index (Phi) is 5.80. The molecule has 0 fully saturated rings. The van der Waals surface area contributed by atoms with Crippen molar-refractivity contribution in [1.29, 1.82) is 0 Å². The van der Waals surface area contributed by atoms with E-state index in [0.717, 1.165) is 12.1 Å². The van der Waals surface area contributed by atoms with E-state index in [1.54, 1.807) is 13.8 Å². The Labute approximate surface area is 121 Å². The molecule has 1 aromatic rings. The number of nitrogens with one attached hydrogen (secondary N) is 2. The van der Waals surface area contributed by atoms with Crippen molar-refractivity contribution >= 4 is 17.5 Å². The van der Waals surface area contributed by atoms with Crippen LogP contribution in [0.3, 0.4) is 0 Å². The number of carbonyl (C=O) groups excluding carboxylic acids is 1. The van der Waals surface area contributed by atoms with Crippen molar-refractivity contribution in [3.05, 3.63) is 17.7 Å². The highest BCUT2D eigenvalue weighted by Gasteiger charge is 2.32. The van der Waals surface area contributed by atoms with Gasteiger partial charge in [-0.05, 0) is 26.0 Å². The normalized spacial score (nSPS) is 11.1. The van der Waals surface area contributed by atoms with Gasteiger partial charge in [0.05, 0.1) is 12.1 Å². The second-order valence-electron chi connectivity index (χ2n) is 4.31. The van der Waals surface area contributed by atoms with E-state index >= 15 is 0 Å². The van der Waals surface area contributed by atoms with Crippen LogP contribution in [0.2, 0.25) is 0 Å². The molecule has 0 radical (unpaired) electrons. The lowest BCUT2D eigenvalue weighted by atomic mass is 10.2. The van der Waals surface area contributed by atoms with E-state index in [9.17, 15) is 18.0 Å². The molecule has 8 heteroatoms. The van der Waals surface area contributed by atoms with Crippen LogP contribution in [-0.2, 0) is 11.0 Å². The number of nitrogens with zero attached hydrogens (tertiary/aromatic N) is 2. The molecule has 0 spiro atoms. The Morgan fingerprint density at radius 1 is 1.33 bits per heavy atom. The van der Waals surface area contributed by atoms with Crippen LogP contribution in [0, 0.1) is 0 Å². The fraction of sp³-hybridized carbons (Fsp3) is 0.538. The first kappa shape index (κ1) is 17.1. The summed E-state index contributed by atoms with van der Waals surface area (Å²) in [7, 11) is 1.49. The predicted octanol–water partition coefficient (Wildman–Crippen LogP) is 2.10. The number of pyridine rings is 1. The van der Waals surface area contributed by atoms with E-state index in [1.807, 2.05) is 0 Å². The molecule has 1 aromatic heterocycles. The summed E-state index contributed by atoms with van der Waals surface area (Å²) in [4.78, 5) is 17.2. The number of rotatable bonds is 6. The van der Waals surface area contributed by atoms with Gasteiger partial charge in [-0.1, -0.05) is 0 Å². The number of likely N-dealkylation sites (N-methyl/N-ethyl adjacent to an activating group) is 2. The van der Waals surface area contributed by atoms with Gasteiger partial charge >= 0.3 is 6.18 Å². The fourth-order valence-corrected chi connectivity index (χ4v) is 1.75. The van der Waals surface area contributed by atoms with Crippen LogP contribution in [0.25, 0.3) is 0 Å². The molecular weight excluding hydrogens is 285 g/mol. The van der Waals surface area contributed by atoms with Gasteiger partial charge in [-0.2, -0.15) is 13.2 Å². The van der Waals surface area contributed by atoms with Crippen molar-refractivity contribution in [1.82, 2.24) is 10.3 Å². The molecule has 118 valence electrons. The zero-order chi connectivity index (χ0) is 16.0. The topological polar surface area (TPSA) is 57.3 Å². The van der Waals surface area contributed by atoms with E-state index in [0.29, 0.717) is 13.1 Å². The van der Waals surface area contributed by atoms with Crippen molar-refractivity contribution in [3.63, 3.8) is 0 Å². The Morgan fingerprint density at radius 2 is 2.00 bits per heavy atom. The first-order valence-corrected chi connectivity index (χ1v) is 6.60. The quantitative estimate of drug-likeness (QED) is 0.845. The molecule has 5 nitrogen and oxygen atoms in total. The van der Waals surface area contributed by atoms with Crippen LogP contribution in [0.15, 0.2) is 12.1 Å². The minimum Gasteiger partial charge on any atom is -0.373 e. The molecule has 0 saturated heterocycles. The second kappa shape index (κ2) is 7.14. The Morgan fingerprint density at radius 3 is 2.48 bits per heavy atom. The van der Waals surface area contributed by atoms with E-state index in [2.05, 4.69) is 15.6 Å². The van der Waals surface area contributed by atoms with Gasteiger partial charge in [0.25, 0.3) is 0 Å². The Balaban J connectivity index is 3.11. The summed E-state index contributed by atoms with van der Waals surface area (Å²) in [6, 6.07) is 1.88. The summed E-state index contributed by atoms with van der Waals surface area (Å²) >= 11 is 0. The summed E-state index contributed by atoms with van der Waals surface area (Å²) in [6.45, 7) is 4.32. The summed E-state index contributed by atoms with van der Waals surface area (Å²) in [6.07, 6.45) is -4.46. The number of anilines is 2. The number of hydrogen-bond donors (Lipinski definition) is 2. The third kappa shape index (κ3) is 4.80. The van der Waals surface area contributed by atoms with Crippen LogP contribution in [0.4, 0.5) is 24.8 Å². The number of amides is 1. The lowest BCUT2D eigenvalue weighted by Gasteiger charge is -2.23. The third-order valence-electron chi connectivity index (χ3n) is 2.81. The molecule has 1 heterocycles. The van der Waals surface area contributed by atoms with Gasteiger partial charge in [-0.15, -0.1) is 0 Å². The van der Waals surface area contributed by atoms with Crippen LogP contribution in [0.5, 0.6) is 0 Å². The maximum atomic E-state index is 12.9. The smallest absolute Gasteiger partial charge is 0.373 e. The number of aromatic nitrogens is 1. The average molecular weight is 304 g/mol. The SMILES string of the molecule is CCNC(=O)CN(CC)c1cc(C(F)(F)F)cc(NC)n1. The molecule has 0 bridgehead atoms. The van der Waals surface area contributed by atoms with Crippen LogP contribution in [-0.4, -0.2) is 37.6 Å². The number of alkyl halides is 3. The van der Waals surface area contributed by atoms with Gasteiger partial charge in [-0.25, -0.2) is 4.98 Å². The predicted molar refractivity (Wildman–Crippen MR) is 75.4 cm³/mol. The van der Waals surface area contributed by atoms with Crippen molar-refractivity contribution in [2.24, 2.45) is 0 Å². The highest BCUT2D eigenvalue weighted by Crippen LogP contribution is 2.32. The highest BCUT2D eigenvalue weighted by atomic mass is 19.4. The minimum absolute atomic E-state index is 0.0399. The molecule has 0 atom stereocenters. The van der Waals surface area contributed by atoms with Crippen molar-refractivity contribution in [2.45, 2.75) is 20.0 Å². The number of hydrogen-bond acceptors (Lipinski definition) is 4. The largest absolute Gasteiger partial charge is 0.416 e. The van der Waals surface area contributed by atoms with Crippen LogP contribution < -0.4 is 15.5 Å². The monoisotopic (exact) mass is 304 g/mol. The van der Waals surface area contributed by atoms with Crippen molar-refractivity contribution in [3.8, 4) is 0 Å². The maximum absolute atomic E-state index is 12.9. The zero-order valence-electron chi connectivity index (χ0n) is 12.2. The van der Waals surface area contributed by atoms with Gasteiger partial charge in [0.2, 0.25) is 5.91 Å². The van der Waals surface area contributed by atoms with E-state index in [-0.39, 0.29) is 24.1 Å². The third-order valence-corrected chi connectivity index (χ3v) is 2.81. The lowest BCUT2D eigenvalue weighted by Crippen LogP contribution is -2.37. The molecule has 0 aliphatic carbocycles. The molecular formula is C13H19F3N4O. The standard InChI is InChI=1S/C13H19F3N4O/c1-4-18-12(21)8-20(5-2)11-7-9(13(14,15)16)6-10(17-3)19-11/h6-7H,4-5,8H2,1-3H3,(H,17,19)(H,18,21). The first-order valence-electron chi connectivity index (χ1n) is 6.60. The maximum Gasteiger partial charge on any atom is 0.416 e. The second-order valence-corrected chi connectivity index (χ2v) is 4.31. The minimum atomic E-state index is -4.46. The van der Waals surface area contributed by atoms with Gasteiger partial charge in [0.1, 0.15) is 11.6 Å². The molecule has 0 saturated carbocycles. The molecule has 0 aromatic carbocycles. The van der Waals surface area contributed by atoms with E-state index in [4.69, 9.17) is 0 Å². The molecule has 2 N–H and O–H groups in total. The van der Waals surface area contributed by atoms with Gasteiger partial charge in [0.15, 0.2) is 0 Å². The summed E-state index contributed by atoms with van der Waals surface area (Å²) in [5.74, 6) is -0.0401. The van der Waals surface area contributed by atoms with Crippen LogP contribution in [0.1, 0.15) is 19.4 Å². The fourth-order valence-electron chi connectivity index (χ4n) is 1.75. The Bertz CT molecular complexity index is 491. The summed E-state index contributed by atoms with van der Waals surface area (Å²) < 4.78 is 38.6. The Hall–Kier alpha value is -1.99.